The molecule has 1 spiro atoms. The van der Waals surface area contributed by atoms with Gasteiger partial charge in [0.15, 0.2) is 17.0 Å². The highest BCUT2D eigenvalue weighted by molar-refractivity contribution is 6.56. The Labute approximate surface area is 263 Å². The minimum absolute atomic E-state index is 0.0349. The number of benzene rings is 3. The summed E-state index contributed by atoms with van der Waals surface area (Å²) >= 11 is 0. The summed E-state index contributed by atoms with van der Waals surface area (Å²) < 4.78 is 16.3. The van der Waals surface area contributed by atoms with Gasteiger partial charge in [-0.25, -0.2) is 0 Å². The van der Waals surface area contributed by atoms with Crippen molar-refractivity contribution in [1.82, 2.24) is 4.90 Å². The van der Waals surface area contributed by atoms with E-state index in [0.29, 0.717) is 28.4 Å². The summed E-state index contributed by atoms with van der Waals surface area (Å²) in [5.74, 6) is -4.57. The first-order valence-electron chi connectivity index (χ1n) is 14.2. The lowest BCUT2D eigenvalue weighted by molar-refractivity contribution is -0.135. The van der Waals surface area contributed by atoms with Crippen molar-refractivity contribution < 1.29 is 43.6 Å². The van der Waals surface area contributed by atoms with E-state index in [9.17, 15) is 24.6 Å². The number of nitrogens with two attached hydrogens (primary N) is 1. The molecule has 3 aromatic rings. The van der Waals surface area contributed by atoms with Crippen molar-refractivity contribution in [3.63, 3.8) is 0 Å². The highest BCUT2D eigenvalue weighted by Crippen LogP contribution is 2.58. The second kappa shape index (κ2) is 10.4. The van der Waals surface area contributed by atoms with Gasteiger partial charge in [0, 0.05) is 16.7 Å². The van der Waals surface area contributed by atoms with Crippen LogP contribution in [0.3, 0.4) is 0 Å². The number of hydrogen-bond donors (Lipinski definition) is 3. The zero-order valence-electron chi connectivity index (χ0n) is 25.7. The fourth-order valence-electron chi connectivity index (χ4n) is 6.81. The van der Waals surface area contributed by atoms with Gasteiger partial charge in [0.2, 0.25) is 5.91 Å². The Hall–Kier alpha value is -5.78. The molecule has 0 radical (unpaired) electrons. The Morgan fingerprint density at radius 2 is 1.52 bits per heavy atom. The number of phenolic OH excluding ortho intramolecular Hbond substituents is 1. The number of Topliss-reactive ketones (excluding diaryl/α,β-unsaturated/α-hetero) is 1. The van der Waals surface area contributed by atoms with Gasteiger partial charge in [0.25, 0.3) is 11.7 Å². The molecule has 0 unspecified atom stereocenters. The number of aromatic hydroxyl groups is 1. The molecule has 0 bridgehead atoms. The molecule has 3 heterocycles. The molecule has 1 atom stereocenters. The van der Waals surface area contributed by atoms with E-state index in [-0.39, 0.29) is 23.4 Å². The molecule has 3 aliphatic rings. The Morgan fingerprint density at radius 3 is 2.11 bits per heavy atom. The molecular weight excluding hydrogens is 594 g/mol. The summed E-state index contributed by atoms with van der Waals surface area (Å²) in [5.41, 5.74) is 2.28. The molecular formula is C34H31N3O9. The Balaban J connectivity index is 1.81. The van der Waals surface area contributed by atoms with Crippen molar-refractivity contribution in [1.29, 1.82) is 0 Å². The number of amides is 3. The predicted octanol–water partition coefficient (Wildman–Crippen LogP) is 3.12. The third-order valence-electron chi connectivity index (χ3n) is 8.72. The van der Waals surface area contributed by atoms with E-state index >= 15 is 4.79 Å². The minimum atomic E-state index is -2.61. The highest BCUT2D eigenvalue weighted by Gasteiger charge is 2.72. The number of anilines is 1. The van der Waals surface area contributed by atoms with Crippen LogP contribution in [0.2, 0.25) is 0 Å². The summed E-state index contributed by atoms with van der Waals surface area (Å²) in [6, 6.07) is 14.8. The molecule has 6 rings (SSSR count). The van der Waals surface area contributed by atoms with Crippen LogP contribution in [0.25, 0.3) is 11.5 Å². The number of ether oxygens (including phenoxy) is 3. The fraction of sp³-hybridized carbons (Fsp3) is 0.235. The number of methoxy groups -OCH3 is 3. The van der Waals surface area contributed by atoms with Gasteiger partial charge in [-0.05, 0) is 74.4 Å². The second-order valence-corrected chi connectivity index (χ2v) is 11.7. The molecule has 1 fully saturated rings. The number of ketones is 1. The molecule has 3 aromatic carbocycles. The summed E-state index contributed by atoms with van der Waals surface area (Å²) in [6.07, 6.45) is 0.266. The number of para-hydroxylation sites is 2. The lowest BCUT2D eigenvalue weighted by Gasteiger charge is -2.44. The number of fused-ring (bicyclic) bond motifs is 3. The Kier molecular flexibility index (Phi) is 6.84. The van der Waals surface area contributed by atoms with Crippen molar-refractivity contribution in [2.24, 2.45) is 5.73 Å². The van der Waals surface area contributed by atoms with Crippen LogP contribution in [-0.2, 0) is 25.6 Å². The average Bonchev–Trinajstić information content (AvgIpc) is 3.43. The van der Waals surface area contributed by atoms with Gasteiger partial charge >= 0.3 is 5.91 Å². The van der Waals surface area contributed by atoms with Crippen molar-refractivity contribution >= 4 is 40.6 Å². The molecule has 4 N–H and O–H groups in total. The number of rotatable bonds is 6. The van der Waals surface area contributed by atoms with E-state index in [1.165, 1.54) is 74.8 Å². The number of primary amides is 1. The summed E-state index contributed by atoms with van der Waals surface area (Å²) in [7, 11) is 4.36. The molecule has 3 amide bonds. The predicted molar refractivity (Wildman–Crippen MR) is 166 cm³/mol. The molecule has 3 aliphatic heterocycles. The molecule has 236 valence electrons. The van der Waals surface area contributed by atoms with Gasteiger partial charge in [-0.3, -0.25) is 24.1 Å². The van der Waals surface area contributed by atoms with E-state index in [1.54, 1.807) is 26.0 Å². The zero-order valence-corrected chi connectivity index (χ0v) is 25.7. The van der Waals surface area contributed by atoms with Crippen LogP contribution in [-0.4, -0.2) is 71.0 Å². The molecule has 0 aliphatic carbocycles. The van der Waals surface area contributed by atoms with Crippen molar-refractivity contribution in [3.05, 3.63) is 88.5 Å². The number of carbonyl (C=O) groups excluding carboxylic acids is 4. The van der Waals surface area contributed by atoms with E-state index in [2.05, 4.69) is 0 Å². The van der Waals surface area contributed by atoms with Gasteiger partial charge < -0.3 is 35.1 Å². The summed E-state index contributed by atoms with van der Waals surface area (Å²) in [6.45, 7) is 3.52. The molecule has 0 saturated carbocycles. The molecule has 1 saturated heterocycles. The first kappa shape index (κ1) is 30.3. The Morgan fingerprint density at radius 1 is 0.891 bits per heavy atom. The van der Waals surface area contributed by atoms with Crippen LogP contribution >= 0.6 is 0 Å². The minimum Gasteiger partial charge on any atom is -0.507 e. The SMILES string of the molecule is COc1ccc(C(O)=C2C(=O)C(=O)N(c3ccccc3O)[C@]23C(=O)N2C(=C3C(N)=O)c3cc(OC)c(OC)cc3CC2(C)C)cc1. The number of aliphatic hydroxyl groups is 1. The molecule has 12 nitrogen and oxygen atoms in total. The van der Waals surface area contributed by atoms with Crippen molar-refractivity contribution in [2.75, 3.05) is 26.2 Å². The number of aliphatic hydroxyl groups excluding tert-OH is 1. The average molecular weight is 626 g/mol. The number of hydrogen-bond acceptors (Lipinski definition) is 9. The topological polar surface area (TPSA) is 169 Å². The summed E-state index contributed by atoms with van der Waals surface area (Å²) in [5, 5.41) is 22.8. The van der Waals surface area contributed by atoms with Gasteiger partial charge in [0.1, 0.15) is 17.3 Å². The van der Waals surface area contributed by atoms with Crippen LogP contribution in [0, 0.1) is 0 Å². The monoisotopic (exact) mass is 625 g/mol. The first-order chi connectivity index (χ1) is 21.8. The van der Waals surface area contributed by atoms with Crippen LogP contribution in [0.4, 0.5) is 5.69 Å². The maximum atomic E-state index is 15.2. The number of nitrogens with zero attached hydrogens (tertiary/aromatic N) is 2. The van der Waals surface area contributed by atoms with Crippen LogP contribution in [0.15, 0.2) is 71.8 Å². The largest absolute Gasteiger partial charge is 0.507 e. The number of phenols is 1. The lowest BCUT2D eigenvalue weighted by Crippen LogP contribution is -2.60. The quantitative estimate of drug-likeness (QED) is 0.212. The fourth-order valence-corrected chi connectivity index (χ4v) is 6.81. The normalized spacial score (nSPS) is 21.0. The van der Waals surface area contributed by atoms with Crippen molar-refractivity contribution in [2.45, 2.75) is 31.3 Å². The molecule has 12 heteroatoms. The van der Waals surface area contributed by atoms with Gasteiger partial charge in [-0.15, -0.1) is 0 Å². The summed E-state index contributed by atoms with van der Waals surface area (Å²) in [4.78, 5) is 59.4. The van der Waals surface area contributed by atoms with Gasteiger partial charge in [0.05, 0.1) is 43.9 Å². The maximum Gasteiger partial charge on any atom is 0.300 e. The van der Waals surface area contributed by atoms with E-state index in [4.69, 9.17) is 19.9 Å². The van der Waals surface area contributed by atoms with E-state index in [1.807, 2.05) is 0 Å². The first-order valence-corrected chi connectivity index (χ1v) is 14.2. The van der Waals surface area contributed by atoms with Crippen LogP contribution in [0.1, 0.15) is 30.5 Å². The van der Waals surface area contributed by atoms with Gasteiger partial charge in [-0.2, -0.15) is 0 Å². The Bertz CT molecular complexity index is 1930. The van der Waals surface area contributed by atoms with Crippen LogP contribution in [0.5, 0.6) is 23.0 Å². The van der Waals surface area contributed by atoms with E-state index in [0.717, 1.165) is 4.90 Å². The van der Waals surface area contributed by atoms with Crippen LogP contribution < -0.4 is 24.8 Å². The molecule has 46 heavy (non-hydrogen) atoms. The second-order valence-electron chi connectivity index (χ2n) is 11.7. The molecule has 0 aromatic heterocycles. The third-order valence-corrected chi connectivity index (χ3v) is 8.72. The highest BCUT2D eigenvalue weighted by atomic mass is 16.5. The maximum absolute atomic E-state index is 15.2. The smallest absolute Gasteiger partial charge is 0.300 e. The standard InChI is InChI=1S/C34H31N3O9/c1-33(2)16-18-14-23(45-4)24(46-5)15-20(18)27-25(30(35)41)34(32(43)37(27)33)26(28(39)17-10-12-19(44-3)13-11-17)29(40)31(42)36(34)21-8-6-7-9-22(21)38/h6-15,38-39H,16H2,1-5H3,(H2,35,41)/t34-/m0/s1. The van der Waals surface area contributed by atoms with E-state index < -0.39 is 57.2 Å². The van der Waals surface area contributed by atoms with Crippen molar-refractivity contribution in [3.8, 4) is 23.0 Å². The zero-order chi connectivity index (χ0) is 33.3. The van der Waals surface area contributed by atoms with Gasteiger partial charge in [-0.1, -0.05) is 12.1 Å². The third kappa shape index (κ3) is 3.92. The number of carbonyl (C=O) groups is 4. The lowest BCUT2D eigenvalue weighted by atomic mass is 9.79.